The largest absolute Gasteiger partial charge is 0.467 e. The molecule has 1 fully saturated rings. The average molecular weight is 223 g/mol. The van der Waals surface area contributed by atoms with E-state index in [0.717, 1.165) is 5.76 Å². The van der Waals surface area contributed by atoms with Crippen molar-refractivity contribution in [3.8, 4) is 0 Å². The van der Waals surface area contributed by atoms with Crippen LogP contribution in [0.3, 0.4) is 0 Å². The van der Waals surface area contributed by atoms with Crippen LogP contribution in [0.5, 0.6) is 0 Å². The van der Waals surface area contributed by atoms with E-state index in [1.165, 1.54) is 39.1 Å². The van der Waals surface area contributed by atoms with Gasteiger partial charge in [0, 0.05) is 6.04 Å². The summed E-state index contributed by atoms with van der Waals surface area (Å²) in [7, 11) is 1.37. The smallest absolute Gasteiger partial charge is 0.341 e. The molecule has 0 bridgehead atoms. The SMILES string of the molecule is COC(=O)c1coc(CNC2CCCC2)c1. The molecule has 1 aromatic heterocycles. The maximum Gasteiger partial charge on any atom is 0.341 e. The molecule has 88 valence electrons. The van der Waals surface area contributed by atoms with Crippen molar-refractivity contribution in [3.05, 3.63) is 23.7 Å². The van der Waals surface area contributed by atoms with Crippen molar-refractivity contribution >= 4 is 5.97 Å². The van der Waals surface area contributed by atoms with Gasteiger partial charge in [0.25, 0.3) is 0 Å². The first kappa shape index (κ1) is 11.2. The normalized spacial score (nSPS) is 16.6. The van der Waals surface area contributed by atoms with E-state index in [-0.39, 0.29) is 5.97 Å². The molecule has 0 atom stereocenters. The zero-order chi connectivity index (χ0) is 11.4. The van der Waals surface area contributed by atoms with Gasteiger partial charge in [-0.2, -0.15) is 0 Å². The summed E-state index contributed by atoms with van der Waals surface area (Å²) in [5, 5.41) is 3.42. The summed E-state index contributed by atoms with van der Waals surface area (Å²) in [6.45, 7) is 0.682. The molecule has 4 heteroatoms. The van der Waals surface area contributed by atoms with E-state index in [1.54, 1.807) is 6.07 Å². The van der Waals surface area contributed by atoms with Gasteiger partial charge >= 0.3 is 5.97 Å². The molecule has 2 rings (SSSR count). The van der Waals surface area contributed by atoms with Gasteiger partial charge in [-0.05, 0) is 18.9 Å². The van der Waals surface area contributed by atoms with Crippen molar-refractivity contribution in [2.24, 2.45) is 0 Å². The number of esters is 1. The minimum Gasteiger partial charge on any atom is -0.467 e. The molecule has 1 N–H and O–H groups in total. The van der Waals surface area contributed by atoms with Gasteiger partial charge in [-0.25, -0.2) is 4.79 Å². The van der Waals surface area contributed by atoms with Crippen molar-refractivity contribution in [1.82, 2.24) is 5.32 Å². The van der Waals surface area contributed by atoms with Gasteiger partial charge < -0.3 is 14.5 Å². The Morgan fingerprint density at radius 1 is 1.56 bits per heavy atom. The Labute approximate surface area is 95.0 Å². The molecule has 1 aliphatic carbocycles. The summed E-state index contributed by atoms with van der Waals surface area (Å²) >= 11 is 0. The third-order valence-electron chi connectivity index (χ3n) is 2.99. The standard InChI is InChI=1S/C12H17NO3/c1-15-12(14)9-6-11(16-8-9)7-13-10-4-2-3-5-10/h6,8,10,13H,2-5,7H2,1H3. The predicted molar refractivity (Wildman–Crippen MR) is 59.1 cm³/mol. The third kappa shape index (κ3) is 2.64. The first-order valence-corrected chi connectivity index (χ1v) is 5.68. The van der Waals surface area contributed by atoms with Crippen molar-refractivity contribution in [2.45, 2.75) is 38.3 Å². The van der Waals surface area contributed by atoms with Gasteiger partial charge in [0.1, 0.15) is 12.0 Å². The number of carbonyl (C=O) groups is 1. The Hall–Kier alpha value is -1.29. The van der Waals surface area contributed by atoms with Gasteiger partial charge in [0.05, 0.1) is 19.2 Å². The second kappa shape index (κ2) is 5.16. The van der Waals surface area contributed by atoms with Gasteiger partial charge in [-0.15, -0.1) is 0 Å². The quantitative estimate of drug-likeness (QED) is 0.794. The molecule has 16 heavy (non-hydrogen) atoms. The molecule has 0 aliphatic heterocycles. The summed E-state index contributed by atoms with van der Waals surface area (Å²) in [5.41, 5.74) is 0.478. The lowest BCUT2D eigenvalue weighted by Crippen LogP contribution is -2.24. The minimum atomic E-state index is -0.351. The fourth-order valence-electron chi connectivity index (χ4n) is 2.07. The predicted octanol–water partition coefficient (Wildman–Crippen LogP) is 2.10. The number of ether oxygens (including phenoxy) is 1. The molecule has 0 radical (unpaired) electrons. The average Bonchev–Trinajstić information content (AvgIpc) is 2.96. The molecule has 0 amide bonds. The number of carbonyl (C=O) groups excluding carboxylic acids is 1. The molecule has 1 aromatic rings. The van der Waals surface area contributed by atoms with E-state index in [4.69, 9.17) is 4.42 Å². The lowest BCUT2D eigenvalue weighted by Gasteiger charge is -2.09. The van der Waals surface area contributed by atoms with E-state index in [2.05, 4.69) is 10.1 Å². The maximum absolute atomic E-state index is 11.2. The van der Waals surface area contributed by atoms with Crippen LogP contribution in [0, 0.1) is 0 Å². The molecule has 0 saturated heterocycles. The summed E-state index contributed by atoms with van der Waals surface area (Å²) < 4.78 is 9.89. The summed E-state index contributed by atoms with van der Waals surface area (Å²) in [6, 6.07) is 2.33. The lowest BCUT2D eigenvalue weighted by atomic mass is 10.2. The minimum absolute atomic E-state index is 0.351. The highest BCUT2D eigenvalue weighted by molar-refractivity contribution is 5.88. The highest BCUT2D eigenvalue weighted by Crippen LogP contribution is 2.18. The number of furan rings is 1. The lowest BCUT2D eigenvalue weighted by molar-refractivity contribution is 0.0600. The van der Waals surface area contributed by atoms with Crippen molar-refractivity contribution in [3.63, 3.8) is 0 Å². The fourth-order valence-corrected chi connectivity index (χ4v) is 2.07. The van der Waals surface area contributed by atoms with Gasteiger partial charge in [0.15, 0.2) is 0 Å². The summed E-state index contributed by atoms with van der Waals surface area (Å²) in [4.78, 5) is 11.2. The van der Waals surface area contributed by atoms with E-state index in [1.807, 2.05) is 0 Å². The Kier molecular flexibility index (Phi) is 3.62. The van der Waals surface area contributed by atoms with Crippen molar-refractivity contribution < 1.29 is 13.9 Å². The zero-order valence-electron chi connectivity index (χ0n) is 9.49. The molecule has 1 saturated carbocycles. The van der Waals surface area contributed by atoms with Crippen LogP contribution in [0.15, 0.2) is 16.7 Å². The maximum atomic E-state index is 11.2. The Balaban J connectivity index is 1.85. The number of methoxy groups -OCH3 is 1. The van der Waals surface area contributed by atoms with Crippen molar-refractivity contribution in [1.29, 1.82) is 0 Å². The molecule has 0 spiro atoms. The van der Waals surface area contributed by atoms with Crippen LogP contribution in [0.1, 0.15) is 41.8 Å². The number of hydrogen-bond acceptors (Lipinski definition) is 4. The Morgan fingerprint density at radius 3 is 3.00 bits per heavy atom. The van der Waals surface area contributed by atoms with E-state index in [0.29, 0.717) is 18.2 Å². The molecule has 1 heterocycles. The Bertz CT molecular complexity index is 353. The fraction of sp³-hybridized carbons (Fsp3) is 0.583. The van der Waals surface area contributed by atoms with Crippen LogP contribution >= 0.6 is 0 Å². The third-order valence-corrected chi connectivity index (χ3v) is 2.99. The topological polar surface area (TPSA) is 51.5 Å². The Morgan fingerprint density at radius 2 is 2.31 bits per heavy atom. The monoisotopic (exact) mass is 223 g/mol. The van der Waals surface area contributed by atoms with Gasteiger partial charge in [-0.3, -0.25) is 0 Å². The number of nitrogens with one attached hydrogen (secondary N) is 1. The van der Waals surface area contributed by atoms with Crippen LogP contribution in [-0.2, 0) is 11.3 Å². The molecule has 0 unspecified atom stereocenters. The number of hydrogen-bond donors (Lipinski definition) is 1. The second-order valence-corrected chi connectivity index (χ2v) is 4.16. The first-order chi connectivity index (χ1) is 7.79. The molecule has 1 aliphatic rings. The highest BCUT2D eigenvalue weighted by atomic mass is 16.5. The van der Waals surface area contributed by atoms with E-state index in [9.17, 15) is 4.79 Å². The van der Waals surface area contributed by atoms with Gasteiger partial charge in [0.2, 0.25) is 0 Å². The highest BCUT2D eigenvalue weighted by Gasteiger charge is 2.15. The van der Waals surface area contributed by atoms with Crippen LogP contribution in [0.25, 0.3) is 0 Å². The molecule has 4 nitrogen and oxygen atoms in total. The van der Waals surface area contributed by atoms with Crippen molar-refractivity contribution in [2.75, 3.05) is 7.11 Å². The second-order valence-electron chi connectivity index (χ2n) is 4.16. The van der Waals surface area contributed by atoms with Crippen LogP contribution in [-0.4, -0.2) is 19.1 Å². The van der Waals surface area contributed by atoms with Gasteiger partial charge in [-0.1, -0.05) is 12.8 Å². The molecular weight excluding hydrogens is 206 g/mol. The molecular formula is C12H17NO3. The summed E-state index contributed by atoms with van der Waals surface area (Å²) in [5.74, 6) is 0.433. The van der Waals surface area contributed by atoms with E-state index >= 15 is 0 Å². The first-order valence-electron chi connectivity index (χ1n) is 5.68. The summed E-state index contributed by atoms with van der Waals surface area (Å²) in [6.07, 6.45) is 6.54. The van der Waals surface area contributed by atoms with E-state index < -0.39 is 0 Å². The number of rotatable bonds is 4. The van der Waals surface area contributed by atoms with Crippen LogP contribution in [0.2, 0.25) is 0 Å². The van der Waals surface area contributed by atoms with Crippen LogP contribution in [0.4, 0.5) is 0 Å². The van der Waals surface area contributed by atoms with Crippen LogP contribution < -0.4 is 5.32 Å². The molecule has 0 aromatic carbocycles. The zero-order valence-corrected chi connectivity index (χ0v) is 9.49.